The first-order chi connectivity index (χ1) is 10.0. The number of hydrogen-bond donors (Lipinski definition) is 1. The Morgan fingerprint density at radius 3 is 2.00 bits per heavy atom. The number of amidine groups is 1. The summed E-state index contributed by atoms with van der Waals surface area (Å²) in [7, 11) is 0. The summed E-state index contributed by atoms with van der Waals surface area (Å²) in [5, 5.41) is 3.36. The number of nitrogens with one attached hydrogen (secondary N) is 1. The smallest absolute Gasteiger partial charge is 0.0973 e. The van der Waals surface area contributed by atoms with Crippen molar-refractivity contribution in [3.05, 3.63) is 23.9 Å². The van der Waals surface area contributed by atoms with E-state index >= 15 is 0 Å². The molecule has 0 aromatic carbocycles. The summed E-state index contributed by atoms with van der Waals surface area (Å²) in [6.45, 7) is 25.0. The van der Waals surface area contributed by atoms with Gasteiger partial charge in [0.15, 0.2) is 0 Å². The summed E-state index contributed by atoms with van der Waals surface area (Å²) in [6, 6.07) is 0. The molecule has 0 saturated carbocycles. The molecule has 128 valence electrons. The second-order valence-electron chi connectivity index (χ2n) is 7.54. The van der Waals surface area contributed by atoms with E-state index in [1.807, 2.05) is 19.9 Å². The lowest BCUT2D eigenvalue weighted by molar-refractivity contribution is 0.0212. The Morgan fingerprint density at radius 1 is 1.14 bits per heavy atom. The van der Waals surface area contributed by atoms with E-state index in [0.717, 1.165) is 23.7 Å². The molecule has 1 N–H and O–H groups in total. The fourth-order valence-corrected chi connectivity index (χ4v) is 3.14. The van der Waals surface area contributed by atoms with E-state index in [9.17, 15) is 0 Å². The third-order valence-electron chi connectivity index (χ3n) is 5.70. The molecule has 0 aromatic rings. The van der Waals surface area contributed by atoms with E-state index in [1.165, 1.54) is 12.8 Å². The highest BCUT2D eigenvalue weighted by molar-refractivity contribution is 5.81. The van der Waals surface area contributed by atoms with Crippen LogP contribution >= 0.6 is 0 Å². The number of nitrogens with zero attached hydrogens (tertiary/aromatic N) is 1. The Hall–Kier alpha value is -1.05. The minimum atomic E-state index is 0.200. The van der Waals surface area contributed by atoms with Gasteiger partial charge in [-0.05, 0) is 43.6 Å². The normalized spacial score (nSPS) is 16.6. The van der Waals surface area contributed by atoms with E-state index < -0.39 is 0 Å². The molecule has 0 heterocycles. The van der Waals surface area contributed by atoms with Gasteiger partial charge in [0.2, 0.25) is 0 Å². The van der Waals surface area contributed by atoms with Gasteiger partial charge in [0.05, 0.1) is 5.84 Å². The summed E-state index contributed by atoms with van der Waals surface area (Å²) in [5.41, 5.74) is 2.65. The maximum Gasteiger partial charge on any atom is 0.0973 e. The highest BCUT2D eigenvalue weighted by Crippen LogP contribution is 2.49. The van der Waals surface area contributed by atoms with Crippen molar-refractivity contribution in [3.8, 4) is 0 Å². The fourth-order valence-electron chi connectivity index (χ4n) is 3.14. The Labute approximate surface area is 139 Å². The van der Waals surface area contributed by atoms with Crippen LogP contribution in [0.2, 0.25) is 0 Å². The van der Waals surface area contributed by atoms with Crippen molar-refractivity contribution in [2.24, 2.45) is 21.7 Å². The molecule has 0 bridgehead atoms. The molecule has 22 heavy (non-hydrogen) atoms. The topological polar surface area (TPSA) is 24.4 Å². The molecule has 0 aliphatic carbocycles. The molecule has 0 aromatic heterocycles. The number of allylic oxidation sites excluding steroid dienone is 3. The van der Waals surface area contributed by atoms with Crippen molar-refractivity contribution in [1.82, 2.24) is 5.32 Å². The Bertz CT molecular complexity index is 425. The molecule has 1 unspecified atom stereocenters. The van der Waals surface area contributed by atoms with Gasteiger partial charge in [0.25, 0.3) is 0 Å². The predicted octanol–water partition coefficient (Wildman–Crippen LogP) is 5.96. The average Bonchev–Trinajstić information content (AvgIpc) is 2.42. The van der Waals surface area contributed by atoms with Crippen LogP contribution in [0, 0.1) is 16.7 Å². The van der Waals surface area contributed by atoms with Gasteiger partial charge in [-0.3, -0.25) is 4.99 Å². The highest BCUT2D eigenvalue weighted by Gasteiger charge is 2.44. The quantitative estimate of drug-likeness (QED) is 0.334. The molecule has 0 saturated heterocycles. The second kappa shape index (κ2) is 8.55. The van der Waals surface area contributed by atoms with Gasteiger partial charge >= 0.3 is 0 Å². The molecular formula is C20H38N2. The zero-order chi connectivity index (χ0) is 17.6. The predicted molar refractivity (Wildman–Crippen MR) is 101 cm³/mol. The van der Waals surface area contributed by atoms with Crippen LogP contribution in [0.1, 0.15) is 75.2 Å². The number of rotatable bonds is 8. The zero-order valence-electron chi connectivity index (χ0n) is 16.4. The molecule has 2 nitrogen and oxygen atoms in total. The molecular weight excluding hydrogens is 268 g/mol. The molecule has 0 aliphatic heterocycles. The minimum absolute atomic E-state index is 0.200. The maximum atomic E-state index is 4.86. The van der Waals surface area contributed by atoms with Crippen LogP contribution in [0.25, 0.3) is 0 Å². The van der Waals surface area contributed by atoms with Gasteiger partial charge in [0.1, 0.15) is 0 Å². The fraction of sp³-hybridized carbons (Fsp3) is 0.750. The van der Waals surface area contributed by atoms with Crippen molar-refractivity contribution >= 4 is 5.84 Å². The van der Waals surface area contributed by atoms with Crippen LogP contribution in [0.3, 0.4) is 0 Å². The first-order valence-corrected chi connectivity index (χ1v) is 8.64. The largest absolute Gasteiger partial charge is 0.348 e. The lowest BCUT2D eigenvalue weighted by Gasteiger charge is -2.48. The van der Waals surface area contributed by atoms with Gasteiger partial charge in [-0.2, -0.15) is 0 Å². The minimum Gasteiger partial charge on any atom is -0.348 e. The van der Waals surface area contributed by atoms with Gasteiger partial charge in [0, 0.05) is 12.2 Å². The molecule has 0 spiro atoms. The Morgan fingerprint density at radius 2 is 1.64 bits per heavy atom. The lowest BCUT2D eigenvalue weighted by atomic mass is 9.57. The van der Waals surface area contributed by atoms with E-state index in [4.69, 9.17) is 4.99 Å². The van der Waals surface area contributed by atoms with Crippen molar-refractivity contribution in [2.75, 3.05) is 6.54 Å². The van der Waals surface area contributed by atoms with Crippen LogP contribution in [0.4, 0.5) is 0 Å². The zero-order valence-corrected chi connectivity index (χ0v) is 16.4. The van der Waals surface area contributed by atoms with Gasteiger partial charge in [-0.1, -0.05) is 66.5 Å². The second-order valence-corrected chi connectivity index (χ2v) is 7.54. The maximum absolute atomic E-state index is 4.86. The lowest BCUT2D eigenvalue weighted by Crippen LogP contribution is -2.44. The van der Waals surface area contributed by atoms with Gasteiger partial charge in [-0.15, -0.1) is 0 Å². The van der Waals surface area contributed by atoms with Crippen molar-refractivity contribution in [2.45, 2.75) is 75.2 Å². The summed E-state index contributed by atoms with van der Waals surface area (Å²) < 4.78 is 0. The van der Waals surface area contributed by atoms with Crippen molar-refractivity contribution < 1.29 is 0 Å². The van der Waals surface area contributed by atoms with Gasteiger partial charge < -0.3 is 5.32 Å². The average molecular weight is 307 g/mol. The van der Waals surface area contributed by atoms with Gasteiger partial charge in [-0.25, -0.2) is 0 Å². The Balaban J connectivity index is 5.21. The van der Waals surface area contributed by atoms with Crippen molar-refractivity contribution in [3.63, 3.8) is 0 Å². The van der Waals surface area contributed by atoms with Crippen molar-refractivity contribution in [1.29, 1.82) is 0 Å². The highest BCUT2D eigenvalue weighted by atomic mass is 15.0. The van der Waals surface area contributed by atoms with E-state index in [1.54, 1.807) is 0 Å². The SMILES string of the molecule is C=C(C)/C=C(/C)NC(C)=NCC(C)(C(C)C)C(C)(CC)CC. The van der Waals surface area contributed by atoms with E-state index in [0.29, 0.717) is 11.3 Å². The molecule has 0 radical (unpaired) electrons. The van der Waals surface area contributed by atoms with Crippen LogP contribution in [0.15, 0.2) is 28.9 Å². The summed E-state index contributed by atoms with van der Waals surface area (Å²) >= 11 is 0. The summed E-state index contributed by atoms with van der Waals surface area (Å²) in [6.07, 6.45) is 4.42. The number of hydrogen-bond acceptors (Lipinski definition) is 1. The molecule has 1 atom stereocenters. The Kier molecular flexibility index (Phi) is 8.14. The van der Waals surface area contributed by atoms with Crippen LogP contribution in [-0.4, -0.2) is 12.4 Å². The molecule has 2 heteroatoms. The monoisotopic (exact) mass is 306 g/mol. The third-order valence-corrected chi connectivity index (χ3v) is 5.70. The summed E-state index contributed by atoms with van der Waals surface area (Å²) in [4.78, 5) is 4.86. The standard InChI is InChI=1S/C20H38N2/c1-11-19(9,12-2)20(10,16(5)6)14-21-18(8)22-17(7)13-15(3)4/h13,16H,3,11-12,14H2,1-2,4-10H3,(H,21,22)/b17-13-. The van der Waals surface area contributed by atoms with Crippen LogP contribution < -0.4 is 5.32 Å². The molecule has 0 amide bonds. The first-order valence-electron chi connectivity index (χ1n) is 8.64. The van der Waals surface area contributed by atoms with E-state index in [2.05, 4.69) is 60.4 Å². The van der Waals surface area contributed by atoms with Crippen LogP contribution in [0.5, 0.6) is 0 Å². The molecule has 0 fully saturated rings. The summed E-state index contributed by atoms with van der Waals surface area (Å²) in [5.74, 6) is 1.58. The third kappa shape index (κ3) is 5.30. The molecule has 0 rings (SSSR count). The first kappa shape index (κ1) is 20.9. The molecule has 0 aliphatic rings. The van der Waals surface area contributed by atoms with E-state index in [-0.39, 0.29) is 5.41 Å². The number of aliphatic imine (C=N–C) groups is 1. The van der Waals surface area contributed by atoms with Crippen LogP contribution in [-0.2, 0) is 0 Å².